The lowest BCUT2D eigenvalue weighted by atomic mass is 10.2. The molecule has 0 aliphatic heterocycles. The molecule has 0 bridgehead atoms. The Morgan fingerprint density at radius 3 is 2.04 bits per heavy atom. The molecule has 3 rings (SSSR count). The largest absolute Gasteiger partial charge is 0.493 e. The van der Waals surface area contributed by atoms with E-state index in [1.165, 1.54) is 6.33 Å². The van der Waals surface area contributed by atoms with Crippen molar-refractivity contribution in [2.24, 2.45) is 0 Å². The summed E-state index contributed by atoms with van der Waals surface area (Å²) in [7, 11) is 3.20. The minimum atomic E-state index is 0.638. The predicted molar refractivity (Wildman–Crippen MR) is 104 cm³/mol. The molecule has 26 heavy (non-hydrogen) atoms. The van der Waals surface area contributed by atoms with Gasteiger partial charge in [-0.2, -0.15) is 0 Å². The average molecular weight is 371 g/mol. The fourth-order valence-electron chi connectivity index (χ4n) is 2.37. The van der Waals surface area contributed by atoms with Crippen LogP contribution in [0.25, 0.3) is 0 Å². The zero-order valence-corrected chi connectivity index (χ0v) is 15.5. The molecule has 0 fully saturated rings. The van der Waals surface area contributed by atoms with E-state index in [-0.39, 0.29) is 0 Å². The van der Waals surface area contributed by atoms with Gasteiger partial charge in [0.1, 0.15) is 18.0 Å². The topological polar surface area (TPSA) is 68.3 Å². The van der Waals surface area contributed by atoms with Crippen LogP contribution in [0.5, 0.6) is 11.5 Å². The molecule has 0 spiro atoms. The van der Waals surface area contributed by atoms with Crippen LogP contribution in [0.3, 0.4) is 0 Å². The van der Waals surface area contributed by atoms with Gasteiger partial charge in [0, 0.05) is 28.5 Å². The summed E-state index contributed by atoms with van der Waals surface area (Å²) in [5, 5.41) is 7.14. The van der Waals surface area contributed by atoms with Gasteiger partial charge in [0.25, 0.3) is 0 Å². The third-order valence-corrected chi connectivity index (χ3v) is 4.17. The summed E-state index contributed by atoms with van der Waals surface area (Å²) in [6.07, 6.45) is 1.49. The van der Waals surface area contributed by atoms with Crippen molar-refractivity contribution in [3.05, 3.63) is 59.4 Å². The molecule has 2 aromatic carbocycles. The standard InChI is InChI=1S/C19H19ClN4O2/c1-12-4-5-13(8-15(12)20)23-18-10-19(22-11-21-18)24-14-6-7-16(25-2)17(9-14)26-3/h4-11H,1-3H3,(H2,21,22,23,24). The molecule has 0 atom stereocenters. The smallest absolute Gasteiger partial charge is 0.162 e. The number of hydrogen-bond acceptors (Lipinski definition) is 6. The van der Waals surface area contributed by atoms with E-state index < -0.39 is 0 Å². The summed E-state index contributed by atoms with van der Waals surface area (Å²) in [6, 6.07) is 13.1. The highest BCUT2D eigenvalue weighted by Crippen LogP contribution is 2.31. The molecule has 1 heterocycles. The van der Waals surface area contributed by atoms with Crippen molar-refractivity contribution in [1.82, 2.24) is 9.97 Å². The third-order valence-electron chi connectivity index (χ3n) is 3.77. The van der Waals surface area contributed by atoms with Crippen LogP contribution in [-0.4, -0.2) is 24.2 Å². The molecule has 0 unspecified atom stereocenters. The third kappa shape index (κ3) is 4.15. The van der Waals surface area contributed by atoms with E-state index >= 15 is 0 Å². The average Bonchev–Trinajstić information content (AvgIpc) is 2.65. The fraction of sp³-hybridized carbons (Fsp3) is 0.158. The first-order valence-corrected chi connectivity index (χ1v) is 8.31. The van der Waals surface area contributed by atoms with Gasteiger partial charge in [-0.3, -0.25) is 0 Å². The summed E-state index contributed by atoms with van der Waals surface area (Å²) in [5.41, 5.74) is 2.71. The van der Waals surface area contributed by atoms with Gasteiger partial charge in [-0.1, -0.05) is 17.7 Å². The van der Waals surface area contributed by atoms with Gasteiger partial charge in [0.2, 0.25) is 0 Å². The van der Waals surface area contributed by atoms with Crippen molar-refractivity contribution in [3.63, 3.8) is 0 Å². The molecule has 0 aliphatic carbocycles. The van der Waals surface area contributed by atoms with Crippen LogP contribution in [0.1, 0.15) is 5.56 Å². The zero-order chi connectivity index (χ0) is 18.5. The second-order valence-corrected chi connectivity index (χ2v) is 5.98. The Morgan fingerprint density at radius 1 is 0.808 bits per heavy atom. The van der Waals surface area contributed by atoms with E-state index in [4.69, 9.17) is 21.1 Å². The van der Waals surface area contributed by atoms with Crippen LogP contribution in [0.4, 0.5) is 23.0 Å². The second-order valence-electron chi connectivity index (χ2n) is 5.57. The first kappa shape index (κ1) is 17.8. The molecule has 0 radical (unpaired) electrons. The number of aryl methyl sites for hydroxylation is 1. The fourth-order valence-corrected chi connectivity index (χ4v) is 2.55. The van der Waals surface area contributed by atoms with Crippen LogP contribution in [0.15, 0.2) is 48.8 Å². The number of hydrogen-bond donors (Lipinski definition) is 2. The molecule has 1 aromatic heterocycles. The van der Waals surface area contributed by atoms with Gasteiger partial charge in [-0.15, -0.1) is 0 Å². The number of nitrogens with one attached hydrogen (secondary N) is 2. The zero-order valence-electron chi connectivity index (χ0n) is 14.7. The van der Waals surface area contributed by atoms with E-state index in [9.17, 15) is 0 Å². The Labute approximate surface area is 157 Å². The number of anilines is 4. The maximum atomic E-state index is 6.16. The van der Waals surface area contributed by atoms with Gasteiger partial charge >= 0.3 is 0 Å². The number of ether oxygens (including phenoxy) is 2. The molecular formula is C19H19ClN4O2. The maximum absolute atomic E-state index is 6.16. The quantitative estimate of drug-likeness (QED) is 0.640. The molecule has 0 saturated heterocycles. The summed E-state index contributed by atoms with van der Waals surface area (Å²) in [5.74, 6) is 2.61. The first-order valence-electron chi connectivity index (χ1n) is 7.93. The molecule has 2 N–H and O–H groups in total. The van der Waals surface area contributed by atoms with Crippen LogP contribution in [-0.2, 0) is 0 Å². The molecule has 0 saturated carbocycles. The molecule has 0 aliphatic rings. The van der Waals surface area contributed by atoms with Crippen molar-refractivity contribution in [3.8, 4) is 11.5 Å². The molecular weight excluding hydrogens is 352 g/mol. The van der Waals surface area contributed by atoms with Crippen molar-refractivity contribution in [1.29, 1.82) is 0 Å². The highest BCUT2D eigenvalue weighted by molar-refractivity contribution is 6.31. The van der Waals surface area contributed by atoms with E-state index in [0.717, 1.165) is 16.9 Å². The molecule has 0 amide bonds. The number of rotatable bonds is 6. The summed E-state index contributed by atoms with van der Waals surface area (Å²) < 4.78 is 10.6. The maximum Gasteiger partial charge on any atom is 0.162 e. The lowest BCUT2D eigenvalue weighted by molar-refractivity contribution is 0.355. The first-order chi connectivity index (χ1) is 12.6. The number of aromatic nitrogens is 2. The van der Waals surface area contributed by atoms with E-state index in [1.54, 1.807) is 14.2 Å². The Bertz CT molecular complexity index is 918. The number of halogens is 1. The second kappa shape index (κ2) is 7.93. The lowest BCUT2D eigenvalue weighted by Gasteiger charge is -2.12. The van der Waals surface area contributed by atoms with Gasteiger partial charge in [-0.05, 0) is 36.8 Å². The van der Waals surface area contributed by atoms with Crippen LogP contribution in [0, 0.1) is 6.92 Å². The van der Waals surface area contributed by atoms with Crippen LogP contribution < -0.4 is 20.1 Å². The van der Waals surface area contributed by atoms with Crippen LogP contribution in [0.2, 0.25) is 5.02 Å². The van der Waals surface area contributed by atoms with E-state index in [1.807, 2.05) is 49.4 Å². The normalized spacial score (nSPS) is 10.3. The van der Waals surface area contributed by atoms with Crippen molar-refractivity contribution in [2.45, 2.75) is 6.92 Å². The van der Waals surface area contributed by atoms with Crippen molar-refractivity contribution < 1.29 is 9.47 Å². The number of methoxy groups -OCH3 is 2. The Morgan fingerprint density at radius 2 is 1.42 bits per heavy atom. The summed E-state index contributed by atoms with van der Waals surface area (Å²) >= 11 is 6.16. The van der Waals surface area contributed by atoms with E-state index in [0.29, 0.717) is 28.2 Å². The lowest BCUT2D eigenvalue weighted by Crippen LogP contribution is -1.99. The van der Waals surface area contributed by atoms with Gasteiger partial charge in [0.05, 0.1) is 14.2 Å². The van der Waals surface area contributed by atoms with Gasteiger partial charge in [0.15, 0.2) is 11.5 Å². The summed E-state index contributed by atoms with van der Waals surface area (Å²) in [4.78, 5) is 8.49. The van der Waals surface area contributed by atoms with Crippen molar-refractivity contribution in [2.75, 3.05) is 24.9 Å². The SMILES string of the molecule is COc1ccc(Nc2cc(Nc3ccc(C)c(Cl)c3)ncn2)cc1OC. The van der Waals surface area contributed by atoms with Crippen molar-refractivity contribution >= 4 is 34.6 Å². The van der Waals surface area contributed by atoms with Crippen LogP contribution >= 0.6 is 11.6 Å². The predicted octanol–water partition coefficient (Wildman–Crippen LogP) is 4.94. The highest BCUT2D eigenvalue weighted by Gasteiger charge is 2.06. The molecule has 134 valence electrons. The Hall–Kier alpha value is -2.99. The Kier molecular flexibility index (Phi) is 5.43. The monoisotopic (exact) mass is 370 g/mol. The van der Waals surface area contributed by atoms with Gasteiger partial charge < -0.3 is 20.1 Å². The molecule has 3 aromatic rings. The number of benzene rings is 2. The highest BCUT2D eigenvalue weighted by atomic mass is 35.5. The molecule has 7 heteroatoms. The minimum absolute atomic E-state index is 0.638. The van der Waals surface area contributed by atoms with Gasteiger partial charge in [-0.25, -0.2) is 9.97 Å². The Balaban J connectivity index is 1.78. The molecule has 6 nitrogen and oxygen atoms in total. The summed E-state index contributed by atoms with van der Waals surface area (Å²) in [6.45, 7) is 1.96. The van der Waals surface area contributed by atoms with E-state index in [2.05, 4.69) is 20.6 Å². The minimum Gasteiger partial charge on any atom is -0.493 e. The number of nitrogens with zero attached hydrogens (tertiary/aromatic N) is 2.